The van der Waals surface area contributed by atoms with Gasteiger partial charge in [0.05, 0.1) is 11.3 Å². The lowest BCUT2D eigenvalue weighted by atomic mass is 10.1. The molecule has 1 aromatic heterocycles. The minimum atomic E-state index is -3.68. The van der Waals surface area contributed by atoms with Gasteiger partial charge in [-0.1, -0.05) is 54.6 Å². The fourth-order valence-corrected chi connectivity index (χ4v) is 4.46. The number of amides is 1. The second-order valence-corrected chi connectivity index (χ2v) is 8.23. The smallest absolute Gasteiger partial charge is 0.224 e. The lowest BCUT2D eigenvalue weighted by Crippen LogP contribution is -2.33. The third-order valence-electron chi connectivity index (χ3n) is 4.19. The van der Waals surface area contributed by atoms with Crippen LogP contribution < -0.4 is 5.32 Å². The molecule has 5 nitrogen and oxygen atoms in total. The first-order valence-corrected chi connectivity index (χ1v) is 10.1. The highest BCUT2D eigenvalue weighted by Gasteiger charge is 2.29. The van der Waals surface area contributed by atoms with Crippen LogP contribution in [-0.4, -0.2) is 25.9 Å². The normalized spacial score (nSPS) is 12.3. The fraction of sp³-hybridized carbons (Fsp3) is 0.143. The number of nitrogens with zero attached hydrogens (tertiary/aromatic N) is 1. The number of aromatic nitrogens is 1. The number of rotatable bonds is 7. The topological polar surface area (TPSA) is 76.1 Å². The quantitative estimate of drug-likeness (QED) is 0.684. The van der Waals surface area contributed by atoms with Gasteiger partial charge in [-0.25, -0.2) is 8.42 Å². The summed E-state index contributed by atoms with van der Waals surface area (Å²) in [4.78, 5) is 16.5. The van der Waals surface area contributed by atoms with Crippen LogP contribution in [0.1, 0.15) is 16.4 Å². The Hall–Kier alpha value is -2.99. The molecule has 0 unspecified atom stereocenters. The molecular weight excluding hydrogens is 360 g/mol. The third kappa shape index (κ3) is 4.80. The van der Waals surface area contributed by atoms with Crippen LogP contribution in [-0.2, 0) is 21.1 Å². The predicted octanol–water partition coefficient (Wildman–Crippen LogP) is 2.96. The van der Waals surface area contributed by atoms with Crippen LogP contribution >= 0.6 is 0 Å². The van der Waals surface area contributed by atoms with Gasteiger partial charge in [0, 0.05) is 18.9 Å². The van der Waals surface area contributed by atoms with Crippen molar-refractivity contribution in [3.05, 3.63) is 96.3 Å². The Morgan fingerprint density at radius 3 is 2.22 bits per heavy atom. The summed E-state index contributed by atoms with van der Waals surface area (Å²) in [7, 11) is -3.68. The summed E-state index contributed by atoms with van der Waals surface area (Å²) in [6.07, 6.45) is 3.31. The molecule has 0 saturated heterocycles. The zero-order chi connectivity index (χ0) is 19.1. The van der Waals surface area contributed by atoms with Gasteiger partial charge in [0.1, 0.15) is 5.25 Å². The lowest BCUT2D eigenvalue weighted by molar-refractivity contribution is -0.120. The van der Waals surface area contributed by atoms with Crippen molar-refractivity contribution in [2.45, 2.75) is 16.6 Å². The minimum Gasteiger partial charge on any atom is -0.354 e. The average Bonchev–Trinajstić information content (AvgIpc) is 2.70. The molecule has 0 saturated carbocycles. The maximum atomic E-state index is 13.1. The average molecular weight is 380 g/mol. The Morgan fingerprint density at radius 2 is 1.59 bits per heavy atom. The fourth-order valence-electron chi connectivity index (χ4n) is 2.80. The number of sulfone groups is 1. The first-order chi connectivity index (χ1) is 13.1. The highest BCUT2D eigenvalue weighted by molar-refractivity contribution is 7.91. The molecule has 6 heteroatoms. The van der Waals surface area contributed by atoms with E-state index < -0.39 is 15.1 Å². The van der Waals surface area contributed by atoms with E-state index in [-0.39, 0.29) is 23.8 Å². The predicted molar refractivity (Wildman–Crippen MR) is 104 cm³/mol. The van der Waals surface area contributed by atoms with Crippen LogP contribution in [0.5, 0.6) is 0 Å². The second kappa shape index (κ2) is 8.60. The molecular formula is C21H20N2O3S. The number of hydrogen-bond acceptors (Lipinski definition) is 4. The van der Waals surface area contributed by atoms with E-state index in [0.29, 0.717) is 5.56 Å². The Kier molecular flexibility index (Phi) is 5.98. The van der Waals surface area contributed by atoms with E-state index in [1.165, 1.54) is 6.20 Å². The Morgan fingerprint density at radius 1 is 0.926 bits per heavy atom. The van der Waals surface area contributed by atoms with Crippen molar-refractivity contribution < 1.29 is 13.2 Å². The summed E-state index contributed by atoms with van der Waals surface area (Å²) < 4.78 is 26.2. The number of pyridine rings is 1. The van der Waals surface area contributed by atoms with Gasteiger partial charge in [0.2, 0.25) is 5.91 Å². The first-order valence-electron chi connectivity index (χ1n) is 8.57. The number of hydrogen-bond donors (Lipinski definition) is 1. The van der Waals surface area contributed by atoms with Crippen LogP contribution in [0.3, 0.4) is 0 Å². The molecule has 3 rings (SSSR count). The van der Waals surface area contributed by atoms with Gasteiger partial charge in [-0.2, -0.15) is 0 Å². The Bertz CT molecular complexity index is 976. The zero-order valence-electron chi connectivity index (χ0n) is 14.7. The van der Waals surface area contributed by atoms with E-state index in [9.17, 15) is 13.2 Å². The lowest BCUT2D eigenvalue weighted by Gasteiger charge is -2.19. The standard InChI is InChI=1S/C21H20N2O3S/c24-21(14-17-8-3-1-4-9-17)23-16-20(18-10-7-13-22-15-18)27(25,26)19-11-5-2-6-12-19/h1-13,15,20H,14,16H2,(H,23,24)/t20-/m1/s1. The Labute approximate surface area is 159 Å². The Balaban J connectivity index is 1.80. The van der Waals surface area contributed by atoms with Gasteiger partial charge in [-0.15, -0.1) is 0 Å². The molecule has 0 bridgehead atoms. The van der Waals surface area contributed by atoms with Gasteiger partial charge >= 0.3 is 0 Å². The summed E-state index contributed by atoms with van der Waals surface area (Å²) in [5.74, 6) is -0.224. The van der Waals surface area contributed by atoms with Gasteiger partial charge in [0.25, 0.3) is 0 Å². The van der Waals surface area contributed by atoms with E-state index in [0.717, 1.165) is 5.56 Å². The van der Waals surface area contributed by atoms with E-state index in [4.69, 9.17) is 0 Å². The molecule has 1 heterocycles. The molecule has 1 N–H and O–H groups in total. The van der Waals surface area contributed by atoms with Crippen molar-refractivity contribution >= 4 is 15.7 Å². The van der Waals surface area contributed by atoms with Crippen molar-refractivity contribution in [2.75, 3.05) is 6.54 Å². The van der Waals surface area contributed by atoms with Crippen molar-refractivity contribution in [2.24, 2.45) is 0 Å². The largest absolute Gasteiger partial charge is 0.354 e. The molecule has 0 radical (unpaired) electrons. The molecule has 0 aliphatic heterocycles. The number of carbonyl (C=O) groups is 1. The number of benzene rings is 2. The maximum Gasteiger partial charge on any atom is 0.224 e. The number of carbonyl (C=O) groups excluding carboxylic acids is 1. The summed E-state index contributed by atoms with van der Waals surface area (Å²) in [5.41, 5.74) is 1.42. The molecule has 3 aromatic rings. The SMILES string of the molecule is O=C(Cc1ccccc1)NC[C@H](c1cccnc1)S(=O)(=O)c1ccccc1. The summed E-state index contributed by atoms with van der Waals surface area (Å²) >= 11 is 0. The second-order valence-electron chi connectivity index (χ2n) is 6.10. The molecule has 0 aliphatic rings. The van der Waals surface area contributed by atoms with Crippen LogP contribution in [0.15, 0.2) is 90.1 Å². The molecule has 138 valence electrons. The van der Waals surface area contributed by atoms with Crippen LogP contribution in [0.2, 0.25) is 0 Å². The summed E-state index contributed by atoms with van der Waals surface area (Å²) in [6, 6.07) is 21.0. The van der Waals surface area contributed by atoms with Gasteiger partial charge in [-0.3, -0.25) is 9.78 Å². The molecule has 1 atom stereocenters. The summed E-state index contributed by atoms with van der Waals surface area (Å²) in [5, 5.41) is 1.85. The third-order valence-corrected chi connectivity index (χ3v) is 6.31. The minimum absolute atomic E-state index is 0.0193. The summed E-state index contributed by atoms with van der Waals surface area (Å²) in [6.45, 7) is -0.0193. The van der Waals surface area contributed by atoms with E-state index >= 15 is 0 Å². The monoisotopic (exact) mass is 380 g/mol. The highest BCUT2D eigenvalue weighted by Crippen LogP contribution is 2.27. The molecule has 2 aromatic carbocycles. The number of nitrogens with one attached hydrogen (secondary N) is 1. The van der Waals surface area contributed by atoms with Crippen molar-refractivity contribution in [3.63, 3.8) is 0 Å². The molecule has 0 fully saturated rings. The molecule has 1 amide bonds. The van der Waals surface area contributed by atoms with Crippen molar-refractivity contribution in [1.29, 1.82) is 0 Å². The van der Waals surface area contributed by atoms with E-state index in [1.807, 2.05) is 30.3 Å². The van der Waals surface area contributed by atoms with Crippen LogP contribution in [0.4, 0.5) is 0 Å². The molecule has 0 aliphatic carbocycles. The zero-order valence-corrected chi connectivity index (χ0v) is 15.5. The van der Waals surface area contributed by atoms with Crippen molar-refractivity contribution in [1.82, 2.24) is 10.3 Å². The van der Waals surface area contributed by atoms with Crippen molar-refractivity contribution in [3.8, 4) is 0 Å². The van der Waals surface area contributed by atoms with E-state index in [2.05, 4.69) is 10.3 Å². The van der Waals surface area contributed by atoms with Gasteiger partial charge in [-0.05, 0) is 29.3 Å². The van der Waals surface area contributed by atoms with E-state index in [1.54, 1.807) is 48.7 Å². The van der Waals surface area contributed by atoms with Crippen LogP contribution in [0, 0.1) is 0 Å². The first kappa shape index (κ1) is 18.8. The van der Waals surface area contributed by atoms with Gasteiger partial charge < -0.3 is 5.32 Å². The maximum absolute atomic E-state index is 13.1. The van der Waals surface area contributed by atoms with Crippen LogP contribution in [0.25, 0.3) is 0 Å². The highest BCUT2D eigenvalue weighted by atomic mass is 32.2. The molecule has 27 heavy (non-hydrogen) atoms. The molecule has 0 spiro atoms. The van der Waals surface area contributed by atoms with Gasteiger partial charge in [0.15, 0.2) is 9.84 Å².